The van der Waals surface area contributed by atoms with Gasteiger partial charge < -0.3 is 9.84 Å². The van der Waals surface area contributed by atoms with E-state index in [0.29, 0.717) is 25.0 Å². The number of hydrogen-bond acceptors (Lipinski definition) is 2. The van der Waals surface area contributed by atoms with Crippen LogP contribution in [0.25, 0.3) is 0 Å². The maximum absolute atomic E-state index is 8.48. The number of aliphatic hydroxyl groups is 1. The van der Waals surface area contributed by atoms with Gasteiger partial charge in [-0.15, -0.1) is 0 Å². The second kappa shape index (κ2) is 4.63. The Balaban J connectivity index is 1.72. The lowest BCUT2D eigenvalue weighted by molar-refractivity contribution is 0.115. The summed E-state index contributed by atoms with van der Waals surface area (Å²) in [5, 5.41) is 8.48. The van der Waals surface area contributed by atoms with Crippen molar-refractivity contribution >= 4 is 0 Å². The predicted molar refractivity (Wildman–Crippen MR) is 54.5 cm³/mol. The van der Waals surface area contributed by atoms with Crippen LogP contribution in [0.3, 0.4) is 0 Å². The monoisotopic (exact) mass is 192 g/mol. The van der Waals surface area contributed by atoms with Crippen LogP contribution >= 0.6 is 0 Å². The van der Waals surface area contributed by atoms with Gasteiger partial charge in [-0.1, -0.05) is 24.0 Å². The van der Waals surface area contributed by atoms with Gasteiger partial charge in [0.2, 0.25) is 0 Å². The molecule has 76 valence electrons. The number of fused-ring (bicyclic) bond motifs is 2. The summed E-state index contributed by atoms with van der Waals surface area (Å²) >= 11 is 0. The van der Waals surface area contributed by atoms with E-state index in [4.69, 9.17) is 9.84 Å². The second-order valence-corrected chi connectivity index (χ2v) is 3.98. The topological polar surface area (TPSA) is 29.5 Å². The van der Waals surface area contributed by atoms with Gasteiger partial charge in [0.1, 0.15) is 6.61 Å². The fourth-order valence-electron chi connectivity index (χ4n) is 2.31. The molecule has 14 heavy (non-hydrogen) atoms. The van der Waals surface area contributed by atoms with Crippen LogP contribution in [-0.4, -0.2) is 24.9 Å². The third kappa shape index (κ3) is 2.17. The Morgan fingerprint density at radius 2 is 2.29 bits per heavy atom. The Morgan fingerprint density at radius 3 is 2.93 bits per heavy atom. The molecule has 3 atom stereocenters. The van der Waals surface area contributed by atoms with Crippen LogP contribution in [0.15, 0.2) is 12.2 Å². The van der Waals surface area contributed by atoms with Gasteiger partial charge in [-0.25, -0.2) is 0 Å². The molecular formula is C12H16O2. The molecule has 0 saturated heterocycles. The predicted octanol–water partition coefficient (Wildman–Crippen LogP) is 1.21. The van der Waals surface area contributed by atoms with Crippen LogP contribution < -0.4 is 0 Å². The highest BCUT2D eigenvalue weighted by molar-refractivity contribution is 5.19. The number of ether oxygens (including phenoxy) is 1. The number of allylic oxidation sites excluding steroid dienone is 2. The Hall–Kier alpha value is -0.780. The molecule has 0 aliphatic heterocycles. The van der Waals surface area contributed by atoms with Gasteiger partial charge >= 0.3 is 0 Å². The zero-order valence-electron chi connectivity index (χ0n) is 8.28. The molecule has 1 N–H and O–H groups in total. The first-order valence-electron chi connectivity index (χ1n) is 5.25. The minimum atomic E-state index is 0.0819. The molecule has 2 rings (SSSR count). The van der Waals surface area contributed by atoms with E-state index in [1.165, 1.54) is 12.8 Å². The molecule has 0 spiro atoms. The van der Waals surface area contributed by atoms with Crippen molar-refractivity contribution in [3.8, 4) is 11.8 Å². The number of aliphatic hydroxyl groups excluding tert-OH is 1. The van der Waals surface area contributed by atoms with E-state index in [1.54, 1.807) is 0 Å². The van der Waals surface area contributed by atoms with Crippen molar-refractivity contribution in [2.75, 3.05) is 19.8 Å². The van der Waals surface area contributed by atoms with E-state index in [2.05, 4.69) is 24.0 Å². The standard InChI is InChI=1S/C12H16O2/c13-5-7-14-6-1-2-11-8-10-3-4-12(11)9-10/h3-4,10-13H,5-9H2. The average molecular weight is 192 g/mol. The molecule has 1 fully saturated rings. The smallest absolute Gasteiger partial charge is 0.107 e. The van der Waals surface area contributed by atoms with Gasteiger partial charge in [-0.3, -0.25) is 0 Å². The van der Waals surface area contributed by atoms with Gasteiger partial charge in [0.25, 0.3) is 0 Å². The number of hydrogen-bond donors (Lipinski definition) is 1. The van der Waals surface area contributed by atoms with Crippen LogP contribution in [0.1, 0.15) is 12.8 Å². The molecule has 2 nitrogen and oxygen atoms in total. The summed E-state index contributed by atoms with van der Waals surface area (Å²) in [6.07, 6.45) is 7.16. The van der Waals surface area contributed by atoms with E-state index < -0.39 is 0 Å². The zero-order valence-corrected chi connectivity index (χ0v) is 8.28. The molecule has 0 amide bonds. The van der Waals surface area contributed by atoms with Crippen LogP contribution in [-0.2, 0) is 4.74 Å². The Morgan fingerprint density at radius 1 is 1.36 bits per heavy atom. The molecular weight excluding hydrogens is 176 g/mol. The molecule has 0 heterocycles. The summed E-state index contributed by atoms with van der Waals surface area (Å²) in [7, 11) is 0. The normalized spacial score (nSPS) is 33.1. The highest BCUT2D eigenvalue weighted by Gasteiger charge is 2.34. The lowest BCUT2D eigenvalue weighted by Gasteiger charge is -2.10. The molecule has 3 unspecified atom stereocenters. The van der Waals surface area contributed by atoms with Gasteiger partial charge in [0, 0.05) is 5.92 Å². The maximum atomic E-state index is 8.48. The molecule has 2 heteroatoms. The van der Waals surface area contributed by atoms with Crippen LogP contribution in [0.5, 0.6) is 0 Å². The van der Waals surface area contributed by atoms with Crippen molar-refractivity contribution in [3.05, 3.63) is 12.2 Å². The summed E-state index contributed by atoms with van der Waals surface area (Å²) in [6.45, 7) is 0.933. The molecule has 2 bridgehead atoms. The zero-order chi connectivity index (χ0) is 9.80. The minimum Gasteiger partial charge on any atom is -0.394 e. The van der Waals surface area contributed by atoms with Gasteiger partial charge in [-0.05, 0) is 24.7 Å². The Kier molecular flexibility index (Phi) is 3.23. The van der Waals surface area contributed by atoms with Crippen LogP contribution in [0.4, 0.5) is 0 Å². The highest BCUT2D eigenvalue weighted by atomic mass is 16.5. The average Bonchev–Trinajstić information content (AvgIpc) is 2.79. The second-order valence-electron chi connectivity index (χ2n) is 3.98. The summed E-state index contributed by atoms with van der Waals surface area (Å²) in [5.74, 6) is 8.34. The van der Waals surface area contributed by atoms with E-state index in [0.717, 1.165) is 5.92 Å². The van der Waals surface area contributed by atoms with Gasteiger partial charge in [-0.2, -0.15) is 0 Å². The van der Waals surface area contributed by atoms with Crippen molar-refractivity contribution in [1.29, 1.82) is 0 Å². The first-order chi connectivity index (χ1) is 6.90. The highest BCUT2D eigenvalue weighted by Crippen LogP contribution is 2.42. The molecule has 0 aromatic rings. The van der Waals surface area contributed by atoms with Crippen LogP contribution in [0.2, 0.25) is 0 Å². The first-order valence-corrected chi connectivity index (χ1v) is 5.25. The summed E-state index contributed by atoms with van der Waals surface area (Å²) < 4.78 is 5.08. The lowest BCUT2D eigenvalue weighted by atomic mass is 9.94. The number of rotatable bonds is 3. The SMILES string of the molecule is OCCOCC#CC1CC2C=CC1C2. The summed E-state index contributed by atoms with van der Waals surface area (Å²) in [5.41, 5.74) is 0. The Bertz CT molecular complexity index is 272. The van der Waals surface area contributed by atoms with Crippen molar-refractivity contribution in [2.45, 2.75) is 12.8 Å². The summed E-state index contributed by atoms with van der Waals surface area (Å²) in [4.78, 5) is 0. The van der Waals surface area contributed by atoms with Crippen LogP contribution in [0, 0.1) is 29.6 Å². The Labute approximate surface area is 85.0 Å². The quantitative estimate of drug-likeness (QED) is 0.414. The molecule has 1 saturated carbocycles. The van der Waals surface area contributed by atoms with Gasteiger partial charge in [0.15, 0.2) is 0 Å². The minimum absolute atomic E-state index is 0.0819. The molecule has 0 aromatic heterocycles. The third-order valence-corrected chi connectivity index (χ3v) is 2.98. The van der Waals surface area contributed by atoms with Gasteiger partial charge in [0.05, 0.1) is 13.2 Å². The first kappa shape index (κ1) is 9.76. The maximum Gasteiger partial charge on any atom is 0.107 e. The van der Waals surface area contributed by atoms with Crippen molar-refractivity contribution in [2.24, 2.45) is 17.8 Å². The molecule has 0 radical (unpaired) electrons. The summed E-state index contributed by atoms with van der Waals surface area (Å²) in [6, 6.07) is 0. The van der Waals surface area contributed by atoms with Crippen molar-refractivity contribution in [3.63, 3.8) is 0 Å². The molecule has 0 aromatic carbocycles. The largest absolute Gasteiger partial charge is 0.394 e. The van der Waals surface area contributed by atoms with E-state index >= 15 is 0 Å². The van der Waals surface area contributed by atoms with Crippen molar-refractivity contribution < 1.29 is 9.84 Å². The van der Waals surface area contributed by atoms with Crippen molar-refractivity contribution in [1.82, 2.24) is 0 Å². The fraction of sp³-hybridized carbons (Fsp3) is 0.667. The lowest BCUT2D eigenvalue weighted by Crippen LogP contribution is -2.04. The molecule has 2 aliphatic carbocycles. The third-order valence-electron chi connectivity index (χ3n) is 2.98. The van der Waals surface area contributed by atoms with E-state index in [-0.39, 0.29) is 6.61 Å². The fourth-order valence-corrected chi connectivity index (χ4v) is 2.31. The van der Waals surface area contributed by atoms with E-state index in [1.807, 2.05) is 0 Å². The van der Waals surface area contributed by atoms with E-state index in [9.17, 15) is 0 Å². The molecule has 2 aliphatic rings.